The molecule has 0 aromatic carbocycles. The van der Waals surface area contributed by atoms with E-state index in [1.165, 1.54) is 0 Å². The van der Waals surface area contributed by atoms with Crippen molar-refractivity contribution in [2.24, 2.45) is 0 Å². The molecule has 2 nitrogen and oxygen atoms in total. The third kappa shape index (κ3) is 35.5. The van der Waals surface area contributed by atoms with Crippen LogP contribution in [0.25, 0.3) is 0 Å². The monoisotopic (exact) mass is 298 g/mol. The zero-order chi connectivity index (χ0) is 2.00. The van der Waals surface area contributed by atoms with Crippen LogP contribution in [0.3, 0.4) is 0 Å². The molecule has 0 aromatic heterocycles. The molecule has 0 rings (SSSR count). The molecule has 5 heavy (non-hydrogen) atoms. The molecule has 0 unspecified atom stereocenters. The Bertz CT molecular complexity index is 9.61. The second kappa shape index (κ2) is 60.8. The normalized spacial score (nSPS) is 1.40. The van der Waals surface area contributed by atoms with Crippen LogP contribution in [0.4, 0.5) is 0 Å². The van der Waals surface area contributed by atoms with Crippen LogP contribution in [-0.2, 0) is 18.8 Å². The molecule has 0 spiro atoms. The molecule has 0 fully saturated rings. The fourth-order valence-electron chi connectivity index (χ4n) is 0. The van der Waals surface area contributed by atoms with Crippen molar-refractivity contribution in [3.05, 3.63) is 0 Å². The van der Waals surface area contributed by atoms with E-state index in [0.29, 0.717) is 0 Å². The molecule has 0 atom stereocenters. The molecule has 0 heterocycles. The SMILES string of the molecule is N.N.S.[Cl][Pt]. The molecule has 0 aliphatic carbocycles. The van der Waals surface area contributed by atoms with Crippen molar-refractivity contribution in [1.29, 1.82) is 0 Å². The number of hydrogen-bond donors (Lipinski definition) is 2. The van der Waals surface area contributed by atoms with E-state index in [0.717, 1.165) is 0 Å². The summed E-state index contributed by atoms with van der Waals surface area (Å²) in [6, 6.07) is 0. The summed E-state index contributed by atoms with van der Waals surface area (Å²) < 4.78 is 0. The van der Waals surface area contributed by atoms with Crippen molar-refractivity contribution in [2.45, 2.75) is 0 Å². The van der Waals surface area contributed by atoms with Crippen molar-refractivity contribution in [1.82, 2.24) is 12.3 Å². The zero-order valence-electron chi connectivity index (χ0n) is 2.61. The fraction of sp³-hybridized carbons (Fsp3) is 0. The van der Waals surface area contributed by atoms with Crippen LogP contribution in [0.15, 0.2) is 0 Å². The van der Waals surface area contributed by atoms with Gasteiger partial charge < -0.3 is 12.3 Å². The van der Waals surface area contributed by atoms with Crippen molar-refractivity contribution < 1.29 is 18.8 Å². The molecule has 0 aromatic rings. The van der Waals surface area contributed by atoms with E-state index in [1.54, 1.807) is 18.8 Å². The van der Waals surface area contributed by atoms with Crippen LogP contribution in [0.5, 0.6) is 0 Å². The van der Waals surface area contributed by atoms with Crippen molar-refractivity contribution in [2.75, 3.05) is 0 Å². The molecular weight excluding hydrogens is 291 g/mol. The Morgan fingerprint density at radius 2 is 1.00 bits per heavy atom. The Morgan fingerprint density at radius 1 is 1.00 bits per heavy atom. The summed E-state index contributed by atoms with van der Waals surface area (Å²) in [5.74, 6) is 0. The molecule has 6 N–H and O–H groups in total. The van der Waals surface area contributed by atoms with E-state index < -0.39 is 0 Å². The van der Waals surface area contributed by atoms with Crippen LogP contribution >= 0.6 is 22.9 Å². The Morgan fingerprint density at radius 3 is 1.00 bits per heavy atom. The topological polar surface area (TPSA) is 70.0 Å². The molecule has 0 radical (unpaired) electrons. The molecule has 41 valence electrons. The molecule has 0 aliphatic rings. The van der Waals surface area contributed by atoms with Gasteiger partial charge in [-0.2, -0.15) is 13.5 Å². The van der Waals surface area contributed by atoms with Gasteiger partial charge in [-0.1, -0.05) is 0 Å². The Labute approximate surface area is 54.1 Å². The summed E-state index contributed by atoms with van der Waals surface area (Å²) >= 11 is 1.61. The first-order chi connectivity index (χ1) is 1.00. The van der Waals surface area contributed by atoms with Gasteiger partial charge >= 0.3 is 28.2 Å². The van der Waals surface area contributed by atoms with E-state index in [-0.39, 0.29) is 25.8 Å². The van der Waals surface area contributed by atoms with Gasteiger partial charge in [-0.3, -0.25) is 0 Å². The van der Waals surface area contributed by atoms with Crippen molar-refractivity contribution >= 4 is 22.9 Å². The molecule has 0 saturated heterocycles. The number of halogens is 1. The second-order valence-electron chi connectivity index (χ2n) is 0. The molecular formula is H8ClN2PtS. The molecule has 0 saturated carbocycles. The van der Waals surface area contributed by atoms with Crippen LogP contribution < -0.4 is 12.3 Å². The van der Waals surface area contributed by atoms with Gasteiger partial charge in [0.2, 0.25) is 0 Å². The van der Waals surface area contributed by atoms with E-state index in [9.17, 15) is 0 Å². The van der Waals surface area contributed by atoms with E-state index in [1.807, 2.05) is 0 Å². The summed E-state index contributed by atoms with van der Waals surface area (Å²) in [6.45, 7) is 0. The summed E-state index contributed by atoms with van der Waals surface area (Å²) in [6.07, 6.45) is 0. The molecule has 0 bridgehead atoms. The summed E-state index contributed by atoms with van der Waals surface area (Å²) in [5, 5.41) is 0. The van der Waals surface area contributed by atoms with Gasteiger partial charge in [0.15, 0.2) is 0 Å². The summed E-state index contributed by atoms with van der Waals surface area (Å²) in [4.78, 5) is 0. The molecule has 0 aliphatic heterocycles. The summed E-state index contributed by atoms with van der Waals surface area (Å²) in [7, 11) is 4.61. The van der Waals surface area contributed by atoms with Crippen molar-refractivity contribution in [3.8, 4) is 0 Å². The quantitative estimate of drug-likeness (QED) is 0.704. The predicted molar refractivity (Wildman–Crippen MR) is 26.3 cm³/mol. The van der Waals surface area contributed by atoms with Gasteiger partial charge in [0.25, 0.3) is 0 Å². The standard InChI is InChI=1S/ClH.2H3N.Pt.H2S/h1H;2*1H3;;1H2/q;;;+1;/p-1. The number of hydrogen-bond acceptors (Lipinski definition) is 2. The molecule has 5 heteroatoms. The van der Waals surface area contributed by atoms with Gasteiger partial charge in [-0.05, 0) is 0 Å². The van der Waals surface area contributed by atoms with Gasteiger partial charge in [0.1, 0.15) is 0 Å². The Balaban J connectivity index is -0.00000000167. The van der Waals surface area contributed by atoms with Crippen LogP contribution in [-0.4, -0.2) is 0 Å². The minimum absolute atomic E-state index is 0. The van der Waals surface area contributed by atoms with Gasteiger partial charge in [0, 0.05) is 0 Å². The van der Waals surface area contributed by atoms with Gasteiger partial charge in [-0.15, -0.1) is 0 Å². The first kappa shape index (κ1) is 34.0. The zero-order valence-corrected chi connectivity index (χ0v) is 6.64. The predicted octanol–water partition coefficient (Wildman–Crippen LogP) is 1.12. The average molecular weight is 299 g/mol. The number of rotatable bonds is 0. The molecule has 0 amide bonds. The third-order valence-electron chi connectivity index (χ3n) is 0. The van der Waals surface area contributed by atoms with Crippen molar-refractivity contribution in [3.63, 3.8) is 0 Å². The van der Waals surface area contributed by atoms with Crippen LogP contribution in [0.2, 0.25) is 0 Å². The maximum atomic E-state index is 4.61. The maximum absolute atomic E-state index is 4.61. The van der Waals surface area contributed by atoms with Crippen LogP contribution in [0.1, 0.15) is 0 Å². The first-order valence-electron chi connectivity index (χ1n) is 0.120. The van der Waals surface area contributed by atoms with Gasteiger partial charge in [0.05, 0.1) is 0 Å². The Kier molecular flexibility index (Phi) is 414. The second-order valence-corrected chi connectivity index (χ2v) is 0. The third-order valence-corrected chi connectivity index (χ3v) is 0. The average Bonchev–Trinajstić information content (AvgIpc) is 1.00. The van der Waals surface area contributed by atoms with E-state index >= 15 is 0 Å². The van der Waals surface area contributed by atoms with Crippen LogP contribution in [0, 0.1) is 0 Å². The first-order valence-corrected chi connectivity index (χ1v) is 2.94. The van der Waals surface area contributed by atoms with E-state index in [2.05, 4.69) is 9.42 Å². The van der Waals surface area contributed by atoms with Gasteiger partial charge in [-0.25, -0.2) is 0 Å². The minimum atomic E-state index is 0. The van der Waals surface area contributed by atoms with E-state index in [4.69, 9.17) is 0 Å². The Hall–Kier alpha value is 1.25. The summed E-state index contributed by atoms with van der Waals surface area (Å²) in [5.41, 5.74) is 0. The fourth-order valence-corrected chi connectivity index (χ4v) is 0.